The van der Waals surface area contributed by atoms with Crippen LogP contribution in [0.1, 0.15) is 28.5 Å². The maximum Gasteiger partial charge on any atom is 0.306 e. The van der Waals surface area contributed by atoms with E-state index >= 15 is 0 Å². The lowest BCUT2D eigenvalue weighted by molar-refractivity contribution is -0.161. The van der Waals surface area contributed by atoms with E-state index in [9.17, 15) is 4.79 Å². The summed E-state index contributed by atoms with van der Waals surface area (Å²) in [5.41, 5.74) is 2.20. The summed E-state index contributed by atoms with van der Waals surface area (Å²) < 4.78 is 8.40. The molecule has 8 heteroatoms. The molecule has 6 rings (SSSR count). The molecule has 0 radical (unpaired) electrons. The van der Waals surface area contributed by atoms with Gasteiger partial charge in [-0.3, -0.25) is 4.79 Å². The highest BCUT2D eigenvalue weighted by Crippen LogP contribution is 2.54. The van der Waals surface area contributed by atoms with Crippen molar-refractivity contribution in [1.82, 2.24) is 5.01 Å². The van der Waals surface area contributed by atoms with Crippen molar-refractivity contribution in [1.29, 1.82) is 0 Å². The summed E-state index contributed by atoms with van der Waals surface area (Å²) in [6, 6.07) is 17.7. The number of carbonyl (C=O) groups excluding carboxylic acids is 1. The molecule has 144 valence electrons. The van der Waals surface area contributed by atoms with Gasteiger partial charge in [0.2, 0.25) is 0 Å². The Bertz CT molecular complexity index is 1220. The van der Waals surface area contributed by atoms with Crippen molar-refractivity contribution in [3.63, 3.8) is 0 Å². The lowest BCUT2D eigenvalue weighted by Crippen LogP contribution is -2.55. The van der Waals surface area contributed by atoms with Gasteiger partial charge in [0.15, 0.2) is 0 Å². The first kappa shape index (κ1) is 17.7. The molecule has 2 aromatic carbocycles. The molecule has 1 aromatic heterocycles. The summed E-state index contributed by atoms with van der Waals surface area (Å²) in [6.45, 7) is 0. The normalized spacial score (nSPS) is 23.9. The number of hydrogen-bond donors (Lipinski definition) is 1. The number of benzene rings is 2. The second-order valence-electron chi connectivity index (χ2n) is 7.14. The van der Waals surface area contributed by atoms with Gasteiger partial charge in [0, 0.05) is 16.5 Å². The highest BCUT2D eigenvalue weighted by molar-refractivity contribution is 9.11. The average molecular weight is 531 g/mol. The third-order valence-electron chi connectivity index (χ3n) is 5.53. The number of thiophene rings is 1. The number of rotatable bonds is 1. The number of anilines is 1. The van der Waals surface area contributed by atoms with Crippen LogP contribution in [0, 0.1) is 0 Å². The number of amides is 1. The molecule has 3 aromatic rings. The Kier molecular flexibility index (Phi) is 3.76. The van der Waals surface area contributed by atoms with Gasteiger partial charge in [-0.1, -0.05) is 34.1 Å². The summed E-state index contributed by atoms with van der Waals surface area (Å²) in [4.78, 5) is 14.4. The predicted molar refractivity (Wildman–Crippen MR) is 119 cm³/mol. The fraction of sp³-hybridized carbons (Fsp3) is 0.143. The minimum atomic E-state index is -1.33. The minimum absolute atomic E-state index is 0.0773. The SMILES string of the molecule is O=C1Nc2ccc(Br)cc2C12Oc1ccccc1C1CC(c3ccc(Br)s3)=NN12. The van der Waals surface area contributed by atoms with Crippen LogP contribution in [0.2, 0.25) is 0 Å². The number of para-hydroxylation sites is 1. The van der Waals surface area contributed by atoms with Crippen LogP contribution in [0.4, 0.5) is 5.69 Å². The van der Waals surface area contributed by atoms with Gasteiger partial charge in [-0.05, 0) is 52.3 Å². The van der Waals surface area contributed by atoms with E-state index in [1.165, 1.54) is 0 Å². The van der Waals surface area contributed by atoms with Crippen molar-refractivity contribution in [3.05, 3.63) is 78.9 Å². The molecule has 0 fully saturated rings. The molecule has 0 saturated heterocycles. The molecule has 2 atom stereocenters. The fourth-order valence-corrected chi connectivity index (χ4v) is 6.02. The molecule has 3 aliphatic heterocycles. The van der Waals surface area contributed by atoms with E-state index in [1.807, 2.05) is 47.5 Å². The van der Waals surface area contributed by atoms with E-state index in [-0.39, 0.29) is 11.9 Å². The van der Waals surface area contributed by atoms with E-state index in [2.05, 4.69) is 49.3 Å². The molecular formula is C21H13Br2N3O2S. The summed E-state index contributed by atoms with van der Waals surface area (Å²) in [5.74, 6) is 0.503. The number of nitrogens with zero attached hydrogens (tertiary/aromatic N) is 2. The number of carbonyl (C=O) groups is 1. The molecule has 3 aliphatic rings. The molecule has 1 amide bonds. The largest absolute Gasteiger partial charge is 0.453 e. The molecule has 5 nitrogen and oxygen atoms in total. The summed E-state index contributed by atoms with van der Waals surface area (Å²) in [7, 11) is 0. The first-order valence-electron chi connectivity index (χ1n) is 9.08. The first-order chi connectivity index (χ1) is 14.1. The van der Waals surface area contributed by atoms with E-state index in [0.717, 1.165) is 41.4 Å². The monoisotopic (exact) mass is 529 g/mol. The van der Waals surface area contributed by atoms with Gasteiger partial charge in [-0.25, -0.2) is 5.01 Å². The fourth-order valence-electron chi connectivity index (χ4n) is 4.28. The number of fused-ring (bicyclic) bond motifs is 6. The molecule has 0 saturated carbocycles. The van der Waals surface area contributed by atoms with Crippen LogP contribution in [0.15, 0.2) is 68.0 Å². The number of hydrazone groups is 1. The number of hydrogen-bond acceptors (Lipinski definition) is 5. The number of ether oxygens (including phenoxy) is 1. The van der Waals surface area contributed by atoms with Crippen LogP contribution in [-0.4, -0.2) is 16.6 Å². The zero-order chi connectivity index (χ0) is 19.8. The summed E-state index contributed by atoms with van der Waals surface area (Å²) in [5, 5.41) is 9.78. The van der Waals surface area contributed by atoms with Crippen LogP contribution in [-0.2, 0) is 10.5 Å². The molecule has 1 spiro atoms. The van der Waals surface area contributed by atoms with Crippen molar-refractivity contribution in [2.45, 2.75) is 18.2 Å². The Balaban J connectivity index is 1.59. The third kappa shape index (κ3) is 2.42. The summed E-state index contributed by atoms with van der Waals surface area (Å²) >= 11 is 8.72. The highest BCUT2D eigenvalue weighted by Gasteiger charge is 2.60. The Morgan fingerprint density at radius 1 is 1.17 bits per heavy atom. The molecule has 4 heterocycles. The second-order valence-corrected chi connectivity index (χ2v) is 10.5. The predicted octanol–water partition coefficient (Wildman–Crippen LogP) is 5.62. The molecular weight excluding hydrogens is 518 g/mol. The Hall–Kier alpha value is -2.16. The first-order valence-corrected chi connectivity index (χ1v) is 11.5. The summed E-state index contributed by atoms with van der Waals surface area (Å²) in [6.07, 6.45) is 0.714. The van der Waals surface area contributed by atoms with Crippen molar-refractivity contribution in [3.8, 4) is 5.75 Å². The van der Waals surface area contributed by atoms with Crippen molar-refractivity contribution in [2.24, 2.45) is 5.10 Å². The van der Waals surface area contributed by atoms with Gasteiger partial charge in [-0.15, -0.1) is 11.3 Å². The van der Waals surface area contributed by atoms with E-state index in [0.29, 0.717) is 6.42 Å². The minimum Gasteiger partial charge on any atom is -0.453 e. The Morgan fingerprint density at radius 3 is 2.86 bits per heavy atom. The molecule has 0 bridgehead atoms. The van der Waals surface area contributed by atoms with E-state index < -0.39 is 5.72 Å². The standard InChI is InChI=1S/C21H13Br2N3O2S/c22-11-5-6-14-13(9-11)21(20(27)24-14)26-16(12-3-1-2-4-17(12)28-21)10-15(25-26)18-7-8-19(23)29-18/h1-9,16H,10H2,(H,24,27). The molecule has 0 aliphatic carbocycles. The Morgan fingerprint density at radius 2 is 2.03 bits per heavy atom. The van der Waals surface area contributed by atoms with Gasteiger partial charge in [0.25, 0.3) is 5.91 Å². The smallest absolute Gasteiger partial charge is 0.306 e. The lowest BCUT2D eigenvalue weighted by Gasteiger charge is -2.44. The topological polar surface area (TPSA) is 53.9 Å². The van der Waals surface area contributed by atoms with Gasteiger partial charge in [-0.2, -0.15) is 5.10 Å². The zero-order valence-electron chi connectivity index (χ0n) is 14.9. The zero-order valence-corrected chi connectivity index (χ0v) is 18.8. The Labute approximate surface area is 187 Å². The quantitative estimate of drug-likeness (QED) is 0.444. The highest BCUT2D eigenvalue weighted by atomic mass is 79.9. The van der Waals surface area contributed by atoms with Crippen molar-refractivity contribution >= 4 is 60.5 Å². The maximum atomic E-state index is 13.4. The van der Waals surface area contributed by atoms with Gasteiger partial charge in [0.1, 0.15) is 5.75 Å². The van der Waals surface area contributed by atoms with Crippen molar-refractivity contribution in [2.75, 3.05) is 5.32 Å². The van der Waals surface area contributed by atoms with Gasteiger partial charge < -0.3 is 10.1 Å². The maximum absolute atomic E-state index is 13.4. The number of halogens is 2. The van der Waals surface area contributed by atoms with Gasteiger partial charge >= 0.3 is 5.72 Å². The van der Waals surface area contributed by atoms with Crippen LogP contribution in [0.25, 0.3) is 0 Å². The third-order valence-corrected chi connectivity index (χ3v) is 7.69. The van der Waals surface area contributed by atoms with Crippen molar-refractivity contribution < 1.29 is 9.53 Å². The van der Waals surface area contributed by atoms with Gasteiger partial charge in [0.05, 0.1) is 31.7 Å². The van der Waals surface area contributed by atoms with Crippen LogP contribution in [0.3, 0.4) is 0 Å². The average Bonchev–Trinajstić information content (AvgIpc) is 3.40. The van der Waals surface area contributed by atoms with E-state index in [1.54, 1.807) is 11.3 Å². The van der Waals surface area contributed by atoms with E-state index in [4.69, 9.17) is 9.84 Å². The number of nitrogens with one attached hydrogen (secondary N) is 1. The van der Waals surface area contributed by atoms with Crippen LogP contribution in [0.5, 0.6) is 5.75 Å². The second kappa shape index (κ2) is 6.17. The molecule has 29 heavy (non-hydrogen) atoms. The molecule has 1 N–H and O–H groups in total. The lowest BCUT2D eigenvalue weighted by atomic mass is 9.93. The molecule has 2 unspecified atom stereocenters. The van der Waals surface area contributed by atoms with Crippen LogP contribution >= 0.6 is 43.2 Å². The van der Waals surface area contributed by atoms with Crippen LogP contribution < -0.4 is 10.1 Å².